The zero-order chi connectivity index (χ0) is 26.6. The van der Waals surface area contributed by atoms with Gasteiger partial charge in [0.15, 0.2) is 0 Å². The van der Waals surface area contributed by atoms with Gasteiger partial charge in [-0.05, 0) is 60.5 Å². The summed E-state index contributed by atoms with van der Waals surface area (Å²) >= 11 is 0. The summed E-state index contributed by atoms with van der Waals surface area (Å²) in [6.45, 7) is 2.48. The Balaban J connectivity index is 1.37. The lowest BCUT2D eigenvalue weighted by molar-refractivity contribution is 0.0734. The van der Waals surface area contributed by atoms with Crippen LogP contribution in [-0.4, -0.2) is 5.97 Å². The van der Waals surface area contributed by atoms with Crippen LogP contribution in [0.1, 0.15) is 38.5 Å². The van der Waals surface area contributed by atoms with Gasteiger partial charge in [0.05, 0.1) is 11.5 Å². The number of esters is 1. The summed E-state index contributed by atoms with van der Waals surface area (Å²) in [7, 11) is 0. The van der Waals surface area contributed by atoms with Crippen LogP contribution in [0, 0.1) is 24.1 Å². The van der Waals surface area contributed by atoms with Crippen molar-refractivity contribution in [3.8, 4) is 23.3 Å². The highest BCUT2D eigenvalue weighted by Gasteiger charge is 2.31. The molecule has 0 aromatic heterocycles. The minimum absolute atomic E-state index is 0.0216. The largest absolute Gasteiger partial charge is 0.489 e. The Bertz CT molecular complexity index is 1550. The van der Waals surface area contributed by atoms with Gasteiger partial charge in [-0.3, -0.25) is 0 Å². The summed E-state index contributed by atoms with van der Waals surface area (Å²) in [6.07, 6.45) is 0. The summed E-state index contributed by atoms with van der Waals surface area (Å²) in [5.74, 6) is -0.292. The smallest absolute Gasteiger partial charge is 0.343 e. The van der Waals surface area contributed by atoms with Crippen LogP contribution in [0.4, 0.5) is 4.39 Å². The molecule has 4 aromatic rings. The molecule has 0 fully saturated rings. The van der Waals surface area contributed by atoms with Gasteiger partial charge in [0, 0.05) is 11.6 Å². The van der Waals surface area contributed by atoms with Gasteiger partial charge in [-0.2, -0.15) is 5.26 Å². The molecular weight excluding hydrogens is 483 g/mol. The number of nitrogens with two attached hydrogens (primary N) is 1. The molecule has 1 aliphatic heterocycles. The van der Waals surface area contributed by atoms with E-state index in [0.29, 0.717) is 23.7 Å². The fourth-order valence-corrected chi connectivity index (χ4v) is 4.20. The zero-order valence-electron chi connectivity index (χ0n) is 20.5. The first kappa shape index (κ1) is 24.6. The standard InChI is InChI=1S/C31H23FN2O4/c1-19-2-4-20(5-3-19)18-36-24-12-8-21(9-13-24)29-26-15-14-25(16-28(26)38-30(34)27(29)17-33)37-31(35)22-6-10-23(32)11-7-22/h2-16,29H,18,34H2,1H3. The molecule has 0 radical (unpaired) electrons. The Morgan fingerprint density at radius 1 is 0.974 bits per heavy atom. The van der Waals surface area contributed by atoms with Crippen LogP contribution in [0.5, 0.6) is 17.2 Å². The van der Waals surface area contributed by atoms with E-state index in [9.17, 15) is 14.4 Å². The number of carbonyl (C=O) groups is 1. The number of hydrogen-bond donors (Lipinski definition) is 1. The minimum atomic E-state index is -0.639. The Hall–Kier alpha value is -5.09. The van der Waals surface area contributed by atoms with Gasteiger partial charge in [0.2, 0.25) is 5.88 Å². The van der Waals surface area contributed by atoms with Crippen LogP contribution in [0.2, 0.25) is 0 Å². The molecule has 5 rings (SSSR count). The summed E-state index contributed by atoms with van der Waals surface area (Å²) in [5.41, 5.74) is 10.4. The first-order valence-corrected chi connectivity index (χ1v) is 11.9. The Morgan fingerprint density at radius 3 is 2.34 bits per heavy atom. The topological polar surface area (TPSA) is 94.6 Å². The zero-order valence-corrected chi connectivity index (χ0v) is 20.5. The molecule has 2 N–H and O–H groups in total. The van der Waals surface area contributed by atoms with E-state index in [1.54, 1.807) is 18.2 Å². The van der Waals surface area contributed by atoms with Gasteiger partial charge in [-0.25, -0.2) is 9.18 Å². The van der Waals surface area contributed by atoms with Gasteiger partial charge in [0.1, 0.15) is 41.3 Å². The maximum absolute atomic E-state index is 13.2. The lowest BCUT2D eigenvalue weighted by Gasteiger charge is -2.26. The van der Waals surface area contributed by atoms with E-state index in [1.807, 2.05) is 55.5 Å². The van der Waals surface area contributed by atoms with Crippen LogP contribution in [0.25, 0.3) is 0 Å². The second-order valence-electron chi connectivity index (χ2n) is 8.86. The molecule has 0 bridgehead atoms. The number of aryl methyl sites for hydroxylation is 1. The third kappa shape index (κ3) is 5.20. The molecule has 1 atom stereocenters. The fourth-order valence-electron chi connectivity index (χ4n) is 4.20. The number of carbonyl (C=O) groups excluding carboxylic acids is 1. The van der Waals surface area contributed by atoms with Crippen molar-refractivity contribution in [2.75, 3.05) is 0 Å². The molecule has 188 valence electrons. The molecule has 0 aliphatic carbocycles. The number of allylic oxidation sites excluding steroid dienone is 1. The number of rotatable bonds is 6. The lowest BCUT2D eigenvalue weighted by atomic mass is 9.83. The van der Waals surface area contributed by atoms with E-state index in [2.05, 4.69) is 6.07 Å². The van der Waals surface area contributed by atoms with Crippen molar-refractivity contribution in [3.63, 3.8) is 0 Å². The van der Waals surface area contributed by atoms with E-state index < -0.39 is 17.7 Å². The van der Waals surface area contributed by atoms with E-state index in [4.69, 9.17) is 19.9 Å². The molecule has 0 saturated heterocycles. The van der Waals surface area contributed by atoms with Crippen molar-refractivity contribution >= 4 is 5.97 Å². The van der Waals surface area contributed by atoms with Crippen LogP contribution in [0.15, 0.2) is 102 Å². The number of halogens is 1. The van der Waals surface area contributed by atoms with E-state index in [0.717, 1.165) is 11.1 Å². The quantitative estimate of drug-likeness (QED) is 0.249. The maximum atomic E-state index is 13.2. The van der Waals surface area contributed by atoms with Crippen molar-refractivity contribution in [3.05, 3.63) is 136 Å². The molecule has 0 saturated carbocycles. The molecule has 1 unspecified atom stereocenters. The van der Waals surface area contributed by atoms with Crippen molar-refractivity contribution in [1.29, 1.82) is 5.26 Å². The average molecular weight is 507 g/mol. The predicted molar refractivity (Wildman–Crippen MR) is 139 cm³/mol. The number of ether oxygens (including phenoxy) is 3. The van der Waals surface area contributed by atoms with Gasteiger partial charge < -0.3 is 19.9 Å². The SMILES string of the molecule is Cc1ccc(COc2ccc(C3C(C#N)=C(N)Oc4cc(OC(=O)c5ccc(F)cc5)ccc43)cc2)cc1. The van der Waals surface area contributed by atoms with Gasteiger partial charge in [-0.1, -0.05) is 48.0 Å². The first-order chi connectivity index (χ1) is 18.4. The summed E-state index contributed by atoms with van der Waals surface area (Å²) in [5, 5.41) is 9.83. The van der Waals surface area contributed by atoms with Gasteiger partial charge >= 0.3 is 5.97 Å². The van der Waals surface area contributed by atoms with E-state index in [-0.39, 0.29) is 22.8 Å². The van der Waals surface area contributed by atoms with Crippen LogP contribution >= 0.6 is 0 Å². The number of hydrogen-bond acceptors (Lipinski definition) is 6. The summed E-state index contributed by atoms with van der Waals surface area (Å²) in [4.78, 5) is 12.5. The average Bonchev–Trinajstić information content (AvgIpc) is 2.92. The first-order valence-electron chi connectivity index (χ1n) is 11.9. The van der Waals surface area contributed by atoms with Crippen molar-refractivity contribution in [2.24, 2.45) is 5.73 Å². The molecule has 4 aromatic carbocycles. The molecular formula is C31H23FN2O4. The Labute approximate surface area is 219 Å². The number of fused-ring (bicyclic) bond motifs is 1. The second-order valence-corrected chi connectivity index (χ2v) is 8.86. The Morgan fingerprint density at radius 2 is 1.66 bits per heavy atom. The maximum Gasteiger partial charge on any atom is 0.343 e. The second kappa shape index (κ2) is 10.5. The summed E-state index contributed by atoms with van der Waals surface area (Å²) < 4.78 is 30.2. The monoisotopic (exact) mass is 506 g/mol. The number of nitrogens with zero attached hydrogens (tertiary/aromatic N) is 1. The third-order valence-corrected chi connectivity index (χ3v) is 6.22. The molecule has 38 heavy (non-hydrogen) atoms. The van der Waals surface area contributed by atoms with Crippen molar-refractivity contribution < 1.29 is 23.4 Å². The Kier molecular flexibility index (Phi) is 6.79. The highest BCUT2D eigenvalue weighted by Crippen LogP contribution is 2.43. The predicted octanol–water partition coefficient (Wildman–Crippen LogP) is 6.15. The summed E-state index contributed by atoms with van der Waals surface area (Å²) in [6, 6.07) is 27.7. The van der Waals surface area contributed by atoms with E-state index in [1.165, 1.54) is 29.8 Å². The van der Waals surface area contributed by atoms with Crippen LogP contribution in [-0.2, 0) is 6.61 Å². The van der Waals surface area contributed by atoms with Gasteiger partial charge in [0.25, 0.3) is 0 Å². The van der Waals surface area contributed by atoms with Crippen LogP contribution in [0.3, 0.4) is 0 Å². The van der Waals surface area contributed by atoms with Gasteiger partial charge in [-0.15, -0.1) is 0 Å². The lowest BCUT2D eigenvalue weighted by Crippen LogP contribution is -2.21. The molecule has 0 spiro atoms. The minimum Gasteiger partial charge on any atom is -0.489 e. The molecule has 7 heteroatoms. The normalized spacial score (nSPS) is 14.2. The highest BCUT2D eigenvalue weighted by molar-refractivity contribution is 5.91. The molecule has 1 heterocycles. The third-order valence-electron chi connectivity index (χ3n) is 6.22. The van der Waals surface area contributed by atoms with E-state index >= 15 is 0 Å². The van der Waals surface area contributed by atoms with Crippen molar-refractivity contribution in [2.45, 2.75) is 19.4 Å². The van der Waals surface area contributed by atoms with Crippen molar-refractivity contribution in [1.82, 2.24) is 0 Å². The van der Waals surface area contributed by atoms with Crippen LogP contribution < -0.4 is 19.9 Å². The molecule has 6 nitrogen and oxygen atoms in total. The molecule has 0 amide bonds. The number of nitriles is 1. The fraction of sp³-hybridized carbons (Fsp3) is 0.0968. The molecule has 1 aliphatic rings. The number of benzene rings is 4. The highest BCUT2D eigenvalue weighted by atomic mass is 19.1.